The van der Waals surface area contributed by atoms with Crippen LogP contribution in [0.5, 0.6) is 0 Å². The molecule has 3 N–H and O–H groups in total. The van der Waals surface area contributed by atoms with Gasteiger partial charge in [0.15, 0.2) is 0 Å². The third-order valence-corrected chi connectivity index (χ3v) is 5.54. The van der Waals surface area contributed by atoms with Gasteiger partial charge < -0.3 is 24.8 Å². The molecule has 5 nitrogen and oxygen atoms in total. The lowest BCUT2D eigenvalue weighted by Gasteiger charge is -2.23. The van der Waals surface area contributed by atoms with Gasteiger partial charge in [0.25, 0.3) is 0 Å². The van der Waals surface area contributed by atoms with E-state index in [0.29, 0.717) is 6.61 Å². The number of rotatable bonds is 18. The third-order valence-electron chi connectivity index (χ3n) is 5.54. The molecule has 0 bridgehead atoms. The molecule has 0 aromatic rings. The highest BCUT2D eigenvalue weighted by Gasteiger charge is 2.40. The summed E-state index contributed by atoms with van der Waals surface area (Å²) in [5.41, 5.74) is 0. The number of hydrogen-bond donors (Lipinski definition) is 3. The zero-order valence-corrected chi connectivity index (χ0v) is 17.5. The molecule has 4 atom stereocenters. The summed E-state index contributed by atoms with van der Waals surface area (Å²) in [6.45, 7) is 2.61. The number of ether oxygens (including phenoxy) is 2. The highest BCUT2D eigenvalue weighted by molar-refractivity contribution is 4.89. The summed E-state index contributed by atoms with van der Waals surface area (Å²) in [7, 11) is 0. The van der Waals surface area contributed by atoms with Crippen LogP contribution in [0.15, 0.2) is 0 Å². The van der Waals surface area contributed by atoms with Gasteiger partial charge >= 0.3 is 0 Å². The van der Waals surface area contributed by atoms with E-state index >= 15 is 0 Å². The van der Waals surface area contributed by atoms with Gasteiger partial charge in [-0.1, -0.05) is 90.4 Å². The second-order valence-corrected chi connectivity index (χ2v) is 8.05. The van der Waals surface area contributed by atoms with Gasteiger partial charge in [0.2, 0.25) is 0 Å². The fourth-order valence-electron chi connectivity index (χ4n) is 3.77. The summed E-state index contributed by atoms with van der Waals surface area (Å²) in [4.78, 5) is 0. The Balaban J connectivity index is 1.86. The normalized spacial score (nSPS) is 23.8. The Labute approximate surface area is 166 Å². The van der Waals surface area contributed by atoms with Crippen LogP contribution in [0.1, 0.15) is 96.8 Å². The smallest absolute Gasteiger partial charge is 0.114 e. The molecule has 0 radical (unpaired) electrons. The molecule has 162 valence electrons. The summed E-state index contributed by atoms with van der Waals surface area (Å²) in [5.74, 6) is 0. The molecule has 0 aromatic carbocycles. The minimum Gasteiger partial charge on any atom is -0.394 e. The molecule has 1 heterocycles. The lowest BCUT2D eigenvalue weighted by Crippen LogP contribution is -2.42. The Morgan fingerprint density at radius 1 is 0.852 bits per heavy atom. The lowest BCUT2D eigenvalue weighted by atomic mass is 10.0. The van der Waals surface area contributed by atoms with Crippen molar-refractivity contribution in [3.05, 3.63) is 0 Å². The minimum absolute atomic E-state index is 0.158. The average molecular weight is 389 g/mol. The Morgan fingerprint density at radius 3 is 1.81 bits per heavy atom. The average Bonchev–Trinajstić information content (AvgIpc) is 3.04. The van der Waals surface area contributed by atoms with Crippen LogP contribution in [0, 0.1) is 0 Å². The van der Waals surface area contributed by atoms with Gasteiger partial charge in [-0.2, -0.15) is 0 Å². The maximum absolute atomic E-state index is 9.88. The van der Waals surface area contributed by atoms with E-state index in [0.717, 1.165) is 12.8 Å². The second-order valence-electron chi connectivity index (χ2n) is 8.05. The highest BCUT2D eigenvalue weighted by atomic mass is 16.6. The molecule has 0 aliphatic carbocycles. The molecular weight excluding hydrogens is 344 g/mol. The van der Waals surface area contributed by atoms with Crippen LogP contribution in [0.4, 0.5) is 0 Å². The van der Waals surface area contributed by atoms with Gasteiger partial charge in [-0.3, -0.25) is 0 Å². The predicted molar refractivity (Wildman–Crippen MR) is 109 cm³/mol. The number of unbranched alkanes of at least 4 members (excludes halogenated alkanes) is 13. The zero-order valence-electron chi connectivity index (χ0n) is 17.5. The van der Waals surface area contributed by atoms with Crippen LogP contribution in [0.25, 0.3) is 0 Å². The van der Waals surface area contributed by atoms with E-state index in [9.17, 15) is 10.2 Å². The number of hydrogen-bond acceptors (Lipinski definition) is 5. The number of aliphatic hydroxyl groups is 3. The number of aliphatic hydroxyl groups excluding tert-OH is 3. The third kappa shape index (κ3) is 11.4. The fraction of sp³-hybridized carbons (Fsp3) is 1.00. The van der Waals surface area contributed by atoms with Crippen molar-refractivity contribution in [3.63, 3.8) is 0 Å². The Kier molecular flexibility index (Phi) is 15.4. The largest absolute Gasteiger partial charge is 0.394 e. The zero-order chi connectivity index (χ0) is 19.7. The fourth-order valence-corrected chi connectivity index (χ4v) is 3.77. The van der Waals surface area contributed by atoms with Crippen molar-refractivity contribution in [1.82, 2.24) is 0 Å². The Bertz CT molecular complexity index is 326. The summed E-state index contributed by atoms with van der Waals surface area (Å²) < 4.78 is 11.0. The van der Waals surface area contributed by atoms with Crippen molar-refractivity contribution in [3.8, 4) is 0 Å². The molecule has 0 aromatic heterocycles. The Morgan fingerprint density at radius 2 is 1.33 bits per heavy atom. The Hall–Kier alpha value is -0.200. The highest BCUT2D eigenvalue weighted by Crippen LogP contribution is 2.21. The van der Waals surface area contributed by atoms with Crippen LogP contribution in [-0.4, -0.2) is 59.6 Å². The predicted octanol–water partition coefficient (Wildman–Crippen LogP) is 3.97. The van der Waals surface area contributed by atoms with E-state index in [2.05, 4.69) is 6.92 Å². The van der Waals surface area contributed by atoms with Gasteiger partial charge in [0.1, 0.15) is 24.4 Å². The van der Waals surface area contributed by atoms with Crippen molar-refractivity contribution < 1.29 is 24.8 Å². The molecular formula is C22H44O5. The van der Waals surface area contributed by atoms with Gasteiger partial charge in [0.05, 0.1) is 13.2 Å². The lowest BCUT2D eigenvalue weighted by molar-refractivity contribution is -0.0938. The van der Waals surface area contributed by atoms with E-state index in [4.69, 9.17) is 14.6 Å². The monoisotopic (exact) mass is 388 g/mol. The first-order valence-corrected chi connectivity index (χ1v) is 11.4. The maximum atomic E-state index is 9.88. The molecule has 0 unspecified atom stereocenters. The molecule has 0 spiro atoms. The first-order chi connectivity index (χ1) is 13.2. The SMILES string of the molecule is CCCCCCCCCCCCCCCCO[C@@H]1[C@H]([C@H](O)CO)OC[C@@H]1O. The molecule has 1 aliphatic heterocycles. The maximum Gasteiger partial charge on any atom is 0.114 e. The van der Waals surface area contributed by atoms with Gasteiger partial charge in [-0.15, -0.1) is 0 Å². The van der Waals surface area contributed by atoms with Crippen LogP contribution < -0.4 is 0 Å². The van der Waals surface area contributed by atoms with Crippen LogP contribution in [0.3, 0.4) is 0 Å². The molecule has 0 amide bonds. The molecule has 1 rings (SSSR count). The summed E-state index contributed by atoms with van der Waals surface area (Å²) in [5, 5.41) is 28.6. The van der Waals surface area contributed by atoms with Crippen molar-refractivity contribution in [2.45, 2.75) is 121 Å². The first kappa shape index (κ1) is 24.8. The summed E-state index contributed by atoms with van der Waals surface area (Å²) in [6, 6.07) is 0. The summed E-state index contributed by atoms with van der Waals surface area (Å²) >= 11 is 0. The molecule has 1 aliphatic rings. The van der Waals surface area contributed by atoms with Crippen LogP contribution in [-0.2, 0) is 9.47 Å². The van der Waals surface area contributed by atoms with Crippen molar-refractivity contribution in [2.75, 3.05) is 19.8 Å². The van der Waals surface area contributed by atoms with Crippen molar-refractivity contribution in [1.29, 1.82) is 0 Å². The minimum atomic E-state index is -0.997. The van der Waals surface area contributed by atoms with Crippen molar-refractivity contribution >= 4 is 0 Å². The second kappa shape index (κ2) is 16.7. The van der Waals surface area contributed by atoms with E-state index in [1.807, 2.05) is 0 Å². The standard InChI is InChI=1S/C22H44O5/c1-2-3-4-5-6-7-8-9-10-11-12-13-14-15-16-26-22-20(25)18-27-21(22)19(24)17-23/h19-25H,2-18H2,1H3/t19-,20+,21+,22+/m1/s1. The van der Waals surface area contributed by atoms with Crippen molar-refractivity contribution in [2.24, 2.45) is 0 Å². The molecule has 5 heteroatoms. The van der Waals surface area contributed by atoms with Crippen LogP contribution >= 0.6 is 0 Å². The quantitative estimate of drug-likeness (QED) is 0.310. The van der Waals surface area contributed by atoms with E-state index in [1.54, 1.807) is 0 Å². The molecule has 0 saturated carbocycles. The molecule has 27 heavy (non-hydrogen) atoms. The topological polar surface area (TPSA) is 79.2 Å². The van der Waals surface area contributed by atoms with Gasteiger partial charge in [-0.25, -0.2) is 0 Å². The van der Waals surface area contributed by atoms with Gasteiger partial charge in [-0.05, 0) is 6.42 Å². The van der Waals surface area contributed by atoms with E-state index < -0.39 is 24.4 Å². The molecule has 1 fully saturated rings. The first-order valence-electron chi connectivity index (χ1n) is 11.4. The van der Waals surface area contributed by atoms with Gasteiger partial charge in [0, 0.05) is 6.61 Å². The van der Waals surface area contributed by atoms with E-state index in [1.165, 1.54) is 77.0 Å². The molecule has 1 saturated heterocycles. The van der Waals surface area contributed by atoms with Crippen LogP contribution in [0.2, 0.25) is 0 Å². The summed E-state index contributed by atoms with van der Waals surface area (Å²) in [6.07, 6.45) is 15.6. The van der Waals surface area contributed by atoms with E-state index in [-0.39, 0.29) is 13.2 Å².